The molecule has 37 heavy (non-hydrogen) atoms. The monoisotopic (exact) mass is 521 g/mol. The zero-order chi connectivity index (χ0) is 26.2. The molecule has 0 spiro atoms. The Balaban J connectivity index is 1.57. The molecule has 9 nitrogen and oxygen atoms in total. The Morgan fingerprint density at radius 1 is 1.16 bits per heavy atom. The van der Waals surface area contributed by atoms with Gasteiger partial charge in [0.25, 0.3) is 5.56 Å². The maximum atomic E-state index is 12.9. The SMILES string of the molecule is CC(C)C1(c2cc3cc[nH]c(=O)c3c(Nc3ccc(N4CCOCC4)cc3)n2)C=CC=C(S(N)(=O)=O)C1. The Bertz CT molecular complexity index is 1540. The second-order valence-electron chi connectivity index (χ2n) is 9.81. The number of sulfonamides is 1. The van der Waals surface area contributed by atoms with Crippen LogP contribution in [0.3, 0.4) is 0 Å². The van der Waals surface area contributed by atoms with Gasteiger partial charge in [0, 0.05) is 36.1 Å². The molecule has 1 saturated heterocycles. The van der Waals surface area contributed by atoms with Crippen LogP contribution in [0.15, 0.2) is 70.5 Å². The van der Waals surface area contributed by atoms with Crippen LogP contribution in [-0.4, -0.2) is 44.7 Å². The molecule has 1 fully saturated rings. The molecule has 1 atom stereocenters. The van der Waals surface area contributed by atoms with Gasteiger partial charge < -0.3 is 19.9 Å². The van der Waals surface area contributed by atoms with Crippen LogP contribution >= 0.6 is 0 Å². The number of aromatic amines is 1. The van der Waals surface area contributed by atoms with Crippen molar-refractivity contribution in [3.63, 3.8) is 0 Å². The lowest BCUT2D eigenvalue weighted by atomic mass is 9.69. The second kappa shape index (κ2) is 9.77. The molecule has 10 heteroatoms. The second-order valence-corrected chi connectivity index (χ2v) is 11.4. The normalized spacial score (nSPS) is 20.3. The van der Waals surface area contributed by atoms with E-state index in [1.54, 1.807) is 12.3 Å². The van der Waals surface area contributed by atoms with Crippen LogP contribution in [0.5, 0.6) is 0 Å². The first-order valence-corrected chi connectivity index (χ1v) is 13.9. The zero-order valence-corrected chi connectivity index (χ0v) is 21.7. The number of benzene rings is 1. The molecule has 1 aliphatic carbocycles. The topological polar surface area (TPSA) is 130 Å². The van der Waals surface area contributed by atoms with Gasteiger partial charge in [0.15, 0.2) is 0 Å². The van der Waals surface area contributed by atoms with E-state index in [-0.39, 0.29) is 22.8 Å². The van der Waals surface area contributed by atoms with Gasteiger partial charge in [-0.2, -0.15) is 0 Å². The number of hydrogen-bond donors (Lipinski definition) is 3. The summed E-state index contributed by atoms with van der Waals surface area (Å²) in [4.78, 5) is 23.0. The Labute approximate surface area is 216 Å². The largest absolute Gasteiger partial charge is 0.378 e. The Kier molecular flexibility index (Phi) is 6.65. The lowest BCUT2D eigenvalue weighted by molar-refractivity contribution is 0.122. The molecule has 0 bridgehead atoms. The summed E-state index contributed by atoms with van der Waals surface area (Å²) in [6, 6.07) is 11.7. The minimum Gasteiger partial charge on any atom is -0.378 e. The average Bonchev–Trinajstić information content (AvgIpc) is 2.89. The van der Waals surface area contributed by atoms with Crippen molar-refractivity contribution in [3.8, 4) is 0 Å². The number of ether oxygens (including phenoxy) is 1. The van der Waals surface area contributed by atoms with Gasteiger partial charge in [0.2, 0.25) is 10.0 Å². The van der Waals surface area contributed by atoms with Crippen molar-refractivity contribution in [2.24, 2.45) is 11.1 Å². The summed E-state index contributed by atoms with van der Waals surface area (Å²) >= 11 is 0. The maximum absolute atomic E-state index is 12.9. The summed E-state index contributed by atoms with van der Waals surface area (Å²) in [6.45, 7) is 7.15. The summed E-state index contributed by atoms with van der Waals surface area (Å²) in [5, 5.41) is 9.98. The van der Waals surface area contributed by atoms with Gasteiger partial charge in [-0.1, -0.05) is 26.0 Å². The van der Waals surface area contributed by atoms with Gasteiger partial charge in [-0.3, -0.25) is 4.79 Å². The summed E-state index contributed by atoms with van der Waals surface area (Å²) in [6.07, 6.45) is 7.04. The fourth-order valence-electron chi connectivity index (χ4n) is 5.05. The highest BCUT2D eigenvalue weighted by Gasteiger charge is 2.39. The van der Waals surface area contributed by atoms with Crippen LogP contribution in [0.25, 0.3) is 10.8 Å². The van der Waals surface area contributed by atoms with E-state index < -0.39 is 15.4 Å². The summed E-state index contributed by atoms with van der Waals surface area (Å²) in [5.74, 6) is 0.412. The number of hydrogen-bond acceptors (Lipinski definition) is 7. The number of nitrogens with zero attached hydrogens (tertiary/aromatic N) is 2. The third kappa shape index (κ3) is 4.92. The molecule has 194 valence electrons. The molecule has 2 aliphatic rings. The fraction of sp³-hybridized carbons (Fsp3) is 0.333. The number of morpholine rings is 1. The fourth-order valence-corrected chi connectivity index (χ4v) is 5.76. The molecule has 2 aromatic heterocycles. The highest BCUT2D eigenvalue weighted by molar-refractivity contribution is 7.93. The third-order valence-corrected chi connectivity index (χ3v) is 8.29. The predicted molar refractivity (Wildman–Crippen MR) is 147 cm³/mol. The molecular weight excluding hydrogens is 490 g/mol. The molecular formula is C27H31N5O4S. The number of anilines is 3. The molecule has 1 unspecified atom stereocenters. The molecule has 1 aromatic carbocycles. The van der Waals surface area contributed by atoms with Crippen LogP contribution in [0.2, 0.25) is 0 Å². The molecule has 3 aromatic rings. The van der Waals surface area contributed by atoms with Gasteiger partial charge in [-0.25, -0.2) is 18.5 Å². The van der Waals surface area contributed by atoms with Gasteiger partial charge in [-0.15, -0.1) is 0 Å². The number of aromatic nitrogens is 2. The average molecular weight is 522 g/mol. The summed E-state index contributed by atoms with van der Waals surface area (Å²) in [7, 11) is -3.86. The number of allylic oxidation sites excluding steroid dienone is 4. The van der Waals surface area contributed by atoms with Gasteiger partial charge >= 0.3 is 0 Å². The number of rotatable bonds is 6. The molecule has 0 saturated carbocycles. The number of pyridine rings is 2. The summed E-state index contributed by atoms with van der Waals surface area (Å²) in [5.41, 5.74) is 1.58. The lowest BCUT2D eigenvalue weighted by Gasteiger charge is -2.37. The molecule has 0 amide bonds. The zero-order valence-electron chi connectivity index (χ0n) is 20.9. The van der Waals surface area contributed by atoms with Crippen LogP contribution in [0.1, 0.15) is 26.0 Å². The minimum atomic E-state index is -3.86. The minimum absolute atomic E-state index is 0.00167. The van der Waals surface area contributed by atoms with E-state index in [0.29, 0.717) is 35.5 Å². The summed E-state index contributed by atoms with van der Waals surface area (Å²) < 4.78 is 29.9. The van der Waals surface area contributed by atoms with E-state index in [1.165, 1.54) is 6.08 Å². The van der Waals surface area contributed by atoms with Crippen molar-refractivity contribution in [2.75, 3.05) is 36.5 Å². The van der Waals surface area contributed by atoms with Crippen molar-refractivity contribution in [1.82, 2.24) is 9.97 Å². The first-order valence-electron chi connectivity index (χ1n) is 12.3. The highest BCUT2D eigenvalue weighted by Crippen LogP contribution is 2.43. The standard InChI is InChI=1S/C27H31N5O4S/c1-18(2)27(10-3-4-22(17-27)37(28,34)35)23-16-19-9-11-29-26(33)24(19)25(31-23)30-20-5-7-21(8-6-20)32-12-14-36-15-13-32/h3-11,16,18H,12-15,17H2,1-2H3,(H,29,33)(H,30,31)(H2,28,34,35). The van der Waals surface area contributed by atoms with Crippen molar-refractivity contribution in [2.45, 2.75) is 25.7 Å². The van der Waals surface area contributed by atoms with Gasteiger partial charge in [-0.05, 0) is 60.2 Å². The number of nitrogens with two attached hydrogens (primary N) is 1. The van der Waals surface area contributed by atoms with Crippen molar-refractivity contribution in [1.29, 1.82) is 0 Å². The third-order valence-electron chi connectivity index (χ3n) is 7.28. The molecule has 4 N–H and O–H groups in total. The van der Waals surface area contributed by atoms with Gasteiger partial charge in [0.1, 0.15) is 5.82 Å². The van der Waals surface area contributed by atoms with E-state index in [1.807, 2.05) is 56.3 Å². The molecule has 5 rings (SSSR count). The lowest BCUT2D eigenvalue weighted by Crippen LogP contribution is -2.36. The predicted octanol–water partition coefficient (Wildman–Crippen LogP) is 3.53. The van der Waals surface area contributed by atoms with Crippen LogP contribution in [0, 0.1) is 5.92 Å². The Morgan fingerprint density at radius 2 is 1.89 bits per heavy atom. The van der Waals surface area contributed by atoms with Crippen LogP contribution in [0.4, 0.5) is 17.2 Å². The Hall–Kier alpha value is -3.47. The van der Waals surface area contributed by atoms with Crippen molar-refractivity contribution < 1.29 is 13.2 Å². The van der Waals surface area contributed by atoms with E-state index in [4.69, 9.17) is 14.9 Å². The molecule has 3 heterocycles. The van der Waals surface area contributed by atoms with Gasteiger partial charge in [0.05, 0.1) is 29.2 Å². The van der Waals surface area contributed by atoms with E-state index in [2.05, 4.69) is 15.2 Å². The van der Waals surface area contributed by atoms with E-state index in [9.17, 15) is 13.2 Å². The van der Waals surface area contributed by atoms with Crippen molar-refractivity contribution >= 4 is 38.0 Å². The van der Waals surface area contributed by atoms with Crippen molar-refractivity contribution in [3.05, 3.63) is 81.8 Å². The Morgan fingerprint density at radius 3 is 2.57 bits per heavy atom. The smallest absolute Gasteiger partial charge is 0.259 e. The first-order chi connectivity index (χ1) is 17.7. The number of nitrogens with one attached hydrogen (secondary N) is 2. The maximum Gasteiger partial charge on any atom is 0.259 e. The number of fused-ring (bicyclic) bond motifs is 1. The molecule has 1 aliphatic heterocycles. The number of H-pyrrole nitrogens is 1. The quantitative estimate of drug-likeness (QED) is 0.452. The number of primary sulfonamides is 1. The van der Waals surface area contributed by atoms with E-state index >= 15 is 0 Å². The van der Waals surface area contributed by atoms with Crippen LogP contribution < -0.4 is 20.9 Å². The highest BCUT2D eigenvalue weighted by atomic mass is 32.2. The van der Waals surface area contributed by atoms with E-state index in [0.717, 1.165) is 24.5 Å². The van der Waals surface area contributed by atoms with Crippen LogP contribution in [-0.2, 0) is 20.2 Å². The first kappa shape index (κ1) is 25.2. The molecule has 0 radical (unpaired) electrons.